The molecule has 0 heterocycles. The van der Waals surface area contributed by atoms with Gasteiger partial charge in [-0.25, -0.2) is 0 Å². The first-order valence-corrected chi connectivity index (χ1v) is 8.36. The third-order valence-corrected chi connectivity index (χ3v) is 3.95. The fourth-order valence-electron chi connectivity index (χ4n) is 2.41. The van der Waals surface area contributed by atoms with Gasteiger partial charge in [-0.05, 0) is 17.7 Å². The summed E-state index contributed by atoms with van der Waals surface area (Å²) < 4.78 is 0. The summed E-state index contributed by atoms with van der Waals surface area (Å²) in [4.78, 5) is 16.2. The first-order chi connectivity index (χ1) is 12.0. The fraction of sp³-hybridized carbons (Fsp3) is 0.300. The van der Waals surface area contributed by atoms with Crippen molar-refractivity contribution in [2.75, 3.05) is 25.5 Å². The lowest BCUT2D eigenvalue weighted by Gasteiger charge is -2.26. The van der Waals surface area contributed by atoms with E-state index in [4.69, 9.17) is 0 Å². The van der Waals surface area contributed by atoms with E-state index in [-0.39, 0.29) is 17.9 Å². The minimum Gasteiger partial charge on any atom is -0.356 e. The van der Waals surface area contributed by atoms with Crippen LogP contribution in [0.15, 0.2) is 65.7 Å². The molecule has 0 saturated carbocycles. The largest absolute Gasteiger partial charge is 0.356 e. The Hall–Kier alpha value is -2.82. The number of carbonyl (C=O) groups excluding carboxylic acids is 1. The number of guanidine groups is 1. The molecule has 5 heteroatoms. The van der Waals surface area contributed by atoms with Gasteiger partial charge in [-0.3, -0.25) is 9.79 Å². The lowest BCUT2D eigenvalue weighted by atomic mass is 9.85. The van der Waals surface area contributed by atoms with Gasteiger partial charge in [0, 0.05) is 24.7 Å². The van der Waals surface area contributed by atoms with Gasteiger partial charge in [0.1, 0.15) is 0 Å². The maximum atomic E-state index is 12.0. The summed E-state index contributed by atoms with van der Waals surface area (Å²) >= 11 is 0. The van der Waals surface area contributed by atoms with Crippen molar-refractivity contribution in [1.82, 2.24) is 10.6 Å². The van der Waals surface area contributed by atoms with Gasteiger partial charge in [-0.2, -0.15) is 0 Å². The molecule has 5 nitrogen and oxygen atoms in total. The Balaban J connectivity index is 1.81. The van der Waals surface area contributed by atoms with Crippen molar-refractivity contribution < 1.29 is 4.79 Å². The fourth-order valence-corrected chi connectivity index (χ4v) is 2.41. The molecule has 3 N–H and O–H groups in total. The van der Waals surface area contributed by atoms with E-state index in [0.717, 1.165) is 5.69 Å². The second-order valence-corrected chi connectivity index (χ2v) is 6.44. The standard InChI is InChI=1S/C20H26N4O/c1-20(2,16-10-6-4-7-11-16)15-23-19(21-3)22-14-18(25)24-17-12-8-5-9-13-17/h4-13H,14-15H2,1-3H3,(H,24,25)(H2,21,22,23). The van der Waals surface area contributed by atoms with Gasteiger partial charge in [0.25, 0.3) is 0 Å². The molecular formula is C20H26N4O. The van der Waals surface area contributed by atoms with Crippen molar-refractivity contribution in [2.24, 2.45) is 4.99 Å². The number of nitrogens with zero attached hydrogens (tertiary/aromatic N) is 1. The Bertz CT molecular complexity index is 696. The highest BCUT2D eigenvalue weighted by Crippen LogP contribution is 2.21. The molecular weight excluding hydrogens is 312 g/mol. The number of amides is 1. The molecule has 0 fully saturated rings. The van der Waals surface area contributed by atoms with Crippen molar-refractivity contribution in [3.63, 3.8) is 0 Å². The van der Waals surface area contributed by atoms with Crippen molar-refractivity contribution in [3.8, 4) is 0 Å². The second kappa shape index (κ2) is 8.87. The SMILES string of the molecule is CN=C(NCC(=O)Nc1ccccc1)NCC(C)(C)c1ccccc1. The van der Waals surface area contributed by atoms with Gasteiger partial charge in [-0.1, -0.05) is 62.4 Å². The molecule has 0 radical (unpaired) electrons. The van der Waals surface area contributed by atoms with Gasteiger partial charge in [0.2, 0.25) is 5.91 Å². The van der Waals surface area contributed by atoms with Crippen molar-refractivity contribution in [3.05, 3.63) is 66.2 Å². The van der Waals surface area contributed by atoms with Gasteiger partial charge in [0.15, 0.2) is 5.96 Å². The minimum atomic E-state index is -0.114. The van der Waals surface area contributed by atoms with E-state index in [1.807, 2.05) is 48.5 Å². The van der Waals surface area contributed by atoms with Crippen LogP contribution in [0.5, 0.6) is 0 Å². The van der Waals surface area contributed by atoms with E-state index in [9.17, 15) is 4.79 Å². The Kier molecular flexibility index (Phi) is 6.57. The van der Waals surface area contributed by atoms with Crippen LogP contribution in [0.25, 0.3) is 0 Å². The van der Waals surface area contributed by atoms with Crippen LogP contribution in [0.1, 0.15) is 19.4 Å². The molecule has 2 aromatic carbocycles. The van der Waals surface area contributed by atoms with E-state index in [1.165, 1.54) is 5.56 Å². The Morgan fingerprint density at radius 3 is 2.16 bits per heavy atom. The zero-order valence-corrected chi connectivity index (χ0v) is 15.0. The highest BCUT2D eigenvalue weighted by atomic mass is 16.1. The van der Waals surface area contributed by atoms with E-state index < -0.39 is 0 Å². The Morgan fingerprint density at radius 1 is 0.960 bits per heavy atom. The lowest BCUT2D eigenvalue weighted by molar-refractivity contribution is -0.115. The number of para-hydroxylation sites is 1. The van der Waals surface area contributed by atoms with Crippen molar-refractivity contribution in [1.29, 1.82) is 0 Å². The van der Waals surface area contributed by atoms with Gasteiger partial charge in [0.05, 0.1) is 6.54 Å². The number of rotatable bonds is 6. The molecule has 0 aliphatic rings. The van der Waals surface area contributed by atoms with Gasteiger partial charge < -0.3 is 16.0 Å². The zero-order valence-electron chi connectivity index (χ0n) is 15.0. The van der Waals surface area contributed by atoms with E-state index in [1.54, 1.807) is 7.05 Å². The highest BCUT2D eigenvalue weighted by molar-refractivity contribution is 5.94. The second-order valence-electron chi connectivity index (χ2n) is 6.44. The molecule has 0 spiro atoms. The average Bonchev–Trinajstić information content (AvgIpc) is 2.63. The summed E-state index contributed by atoms with van der Waals surface area (Å²) in [5.74, 6) is 0.490. The first-order valence-electron chi connectivity index (χ1n) is 8.36. The third-order valence-electron chi connectivity index (χ3n) is 3.95. The molecule has 0 aliphatic heterocycles. The van der Waals surface area contributed by atoms with Crippen LogP contribution in [0.2, 0.25) is 0 Å². The molecule has 0 saturated heterocycles. The average molecular weight is 338 g/mol. The lowest BCUT2D eigenvalue weighted by Crippen LogP contribution is -2.45. The van der Waals surface area contributed by atoms with Crippen LogP contribution in [0.4, 0.5) is 5.69 Å². The van der Waals surface area contributed by atoms with Crippen LogP contribution in [-0.4, -0.2) is 32.0 Å². The minimum absolute atomic E-state index is 0.0504. The van der Waals surface area contributed by atoms with Crippen LogP contribution in [-0.2, 0) is 10.2 Å². The summed E-state index contributed by atoms with van der Waals surface area (Å²) in [7, 11) is 1.69. The van der Waals surface area contributed by atoms with E-state index in [2.05, 4.69) is 46.9 Å². The summed E-state index contributed by atoms with van der Waals surface area (Å²) in [6, 6.07) is 19.7. The normalized spacial score (nSPS) is 11.7. The number of hydrogen-bond donors (Lipinski definition) is 3. The zero-order chi connectivity index (χ0) is 18.1. The predicted octanol–water partition coefficient (Wildman–Crippen LogP) is 2.77. The maximum Gasteiger partial charge on any atom is 0.243 e. The number of carbonyl (C=O) groups is 1. The highest BCUT2D eigenvalue weighted by Gasteiger charge is 2.20. The molecule has 2 aromatic rings. The summed E-state index contributed by atoms with van der Waals surface area (Å²) in [5, 5.41) is 9.16. The molecule has 0 aliphatic carbocycles. The number of anilines is 1. The molecule has 1 amide bonds. The molecule has 25 heavy (non-hydrogen) atoms. The van der Waals surface area contributed by atoms with Crippen LogP contribution < -0.4 is 16.0 Å². The quantitative estimate of drug-likeness (QED) is 0.560. The number of nitrogens with one attached hydrogen (secondary N) is 3. The summed E-state index contributed by atoms with van der Waals surface area (Å²) in [6.45, 7) is 5.20. The van der Waals surface area contributed by atoms with Crippen LogP contribution in [0, 0.1) is 0 Å². The van der Waals surface area contributed by atoms with Crippen LogP contribution in [0.3, 0.4) is 0 Å². The molecule has 0 unspecified atom stereocenters. The van der Waals surface area contributed by atoms with Gasteiger partial charge in [-0.15, -0.1) is 0 Å². The topological polar surface area (TPSA) is 65.5 Å². The number of aliphatic imine (C=N–C) groups is 1. The predicted molar refractivity (Wildman–Crippen MR) is 104 cm³/mol. The first kappa shape index (κ1) is 18.5. The number of hydrogen-bond acceptors (Lipinski definition) is 2. The molecule has 132 valence electrons. The Morgan fingerprint density at radius 2 is 1.56 bits per heavy atom. The van der Waals surface area contributed by atoms with E-state index >= 15 is 0 Å². The Labute approximate surface area is 149 Å². The summed E-state index contributed by atoms with van der Waals surface area (Å²) in [6.07, 6.45) is 0. The molecule has 2 rings (SSSR count). The smallest absolute Gasteiger partial charge is 0.243 e. The molecule has 0 atom stereocenters. The monoisotopic (exact) mass is 338 g/mol. The molecule has 0 bridgehead atoms. The van der Waals surface area contributed by atoms with Crippen molar-refractivity contribution >= 4 is 17.6 Å². The van der Waals surface area contributed by atoms with Crippen molar-refractivity contribution in [2.45, 2.75) is 19.3 Å². The number of benzene rings is 2. The summed E-state index contributed by atoms with van der Waals surface area (Å²) in [5.41, 5.74) is 1.98. The maximum absolute atomic E-state index is 12.0. The molecule has 0 aromatic heterocycles. The third kappa shape index (κ3) is 5.95. The van der Waals surface area contributed by atoms with Gasteiger partial charge >= 0.3 is 0 Å². The van der Waals surface area contributed by atoms with Crippen LogP contribution >= 0.6 is 0 Å². The van der Waals surface area contributed by atoms with E-state index in [0.29, 0.717) is 12.5 Å².